The number of hydrogen-bond donors (Lipinski definition) is 2. The molecule has 0 aliphatic carbocycles. The zero-order chi connectivity index (χ0) is 12.8. The van der Waals surface area contributed by atoms with E-state index in [0.29, 0.717) is 31.4 Å². The molecule has 1 unspecified atom stereocenters. The van der Waals surface area contributed by atoms with E-state index in [1.807, 2.05) is 0 Å². The van der Waals surface area contributed by atoms with E-state index in [9.17, 15) is 4.79 Å². The van der Waals surface area contributed by atoms with E-state index in [0.717, 1.165) is 25.9 Å². The lowest BCUT2D eigenvalue weighted by Gasteiger charge is -2.08. The van der Waals surface area contributed by atoms with E-state index in [2.05, 4.69) is 15.6 Å². The first-order valence-corrected chi connectivity index (χ1v) is 6.29. The van der Waals surface area contributed by atoms with Gasteiger partial charge in [0.2, 0.25) is 0 Å². The fourth-order valence-electron chi connectivity index (χ4n) is 1.95. The Balaban J connectivity index is 1.72. The summed E-state index contributed by atoms with van der Waals surface area (Å²) >= 11 is 0. The summed E-state index contributed by atoms with van der Waals surface area (Å²) in [5.74, 6) is -0.198. The molecule has 0 bridgehead atoms. The Bertz CT molecular complexity index is 387. The van der Waals surface area contributed by atoms with Crippen LogP contribution in [0.4, 0.5) is 0 Å². The maximum absolute atomic E-state index is 11.7. The van der Waals surface area contributed by atoms with Gasteiger partial charge in [-0.15, -0.1) is 5.10 Å². The fraction of sp³-hybridized carbons (Fsp3) is 0.727. The summed E-state index contributed by atoms with van der Waals surface area (Å²) in [5, 5.41) is 10.4. The van der Waals surface area contributed by atoms with Gasteiger partial charge in [-0.1, -0.05) is 5.21 Å². The molecule has 7 nitrogen and oxygen atoms in total. The zero-order valence-corrected chi connectivity index (χ0v) is 10.3. The largest absolute Gasteiger partial charge is 0.378 e. The van der Waals surface area contributed by atoms with Crippen LogP contribution in [0.15, 0.2) is 6.20 Å². The zero-order valence-electron chi connectivity index (χ0n) is 10.3. The van der Waals surface area contributed by atoms with Gasteiger partial charge in [-0.05, 0) is 19.3 Å². The smallest absolute Gasteiger partial charge is 0.273 e. The SMILES string of the molecule is NCCn1cc(C(=O)NCCC2CCCO2)nn1. The molecule has 1 aliphatic rings. The van der Waals surface area contributed by atoms with Crippen molar-refractivity contribution in [2.24, 2.45) is 5.73 Å². The molecule has 18 heavy (non-hydrogen) atoms. The van der Waals surface area contributed by atoms with Crippen LogP contribution in [-0.2, 0) is 11.3 Å². The number of carbonyl (C=O) groups excluding carboxylic acids is 1. The number of nitrogens with one attached hydrogen (secondary N) is 1. The molecule has 0 radical (unpaired) electrons. The standard InChI is InChI=1S/C11H19N5O2/c12-4-6-16-8-10(14-15-16)11(17)13-5-3-9-2-1-7-18-9/h8-9H,1-7,12H2,(H,13,17). The molecule has 1 aromatic rings. The van der Waals surface area contributed by atoms with Gasteiger partial charge in [-0.3, -0.25) is 9.48 Å². The van der Waals surface area contributed by atoms with E-state index in [1.54, 1.807) is 10.9 Å². The van der Waals surface area contributed by atoms with Crippen LogP contribution in [0.5, 0.6) is 0 Å². The second kappa shape index (κ2) is 6.46. The molecule has 2 rings (SSSR count). The van der Waals surface area contributed by atoms with Crippen molar-refractivity contribution in [3.8, 4) is 0 Å². The predicted molar refractivity (Wildman–Crippen MR) is 65.0 cm³/mol. The number of rotatable bonds is 6. The second-order valence-corrected chi connectivity index (χ2v) is 4.34. The van der Waals surface area contributed by atoms with Gasteiger partial charge in [0, 0.05) is 19.7 Å². The molecule has 1 amide bonds. The van der Waals surface area contributed by atoms with Crippen molar-refractivity contribution in [1.82, 2.24) is 20.3 Å². The second-order valence-electron chi connectivity index (χ2n) is 4.34. The van der Waals surface area contributed by atoms with E-state index in [4.69, 9.17) is 10.5 Å². The van der Waals surface area contributed by atoms with E-state index in [1.165, 1.54) is 0 Å². The molecular formula is C11H19N5O2. The lowest BCUT2D eigenvalue weighted by molar-refractivity contribution is 0.0903. The monoisotopic (exact) mass is 253 g/mol. The van der Waals surface area contributed by atoms with Gasteiger partial charge in [0.1, 0.15) is 0 Å². The molecule has 1 atom stereocenters. The number of hydrogen-bond acceptors (Lipinski definition) is 5. The van der Waals surface area contributed by atoms with Gasteiger partial charge in [0.25, 0.3) is 5.91 Å². The molecule has 0 aromatic carbocycles. The van der Waals surface area contributed by atoms with Gasteiger partial charge in [0.05, 0.1) is 18.8 Å². The highest BCUT2D eigenvalue weighted by Gasteiger charge is 2.16. The van der Waals surface area contributed by atoms with Crippen molar-refractivity contribution < 1.29 is 9.53 Å². The van der Waals surface area contributed by atoms with Crippen molar-refractivity contribution in [2.45, 2.75) is 31.9 Å². The Labute approximate surface area is 106 Å². The lowest BCUT2D eigenvalue weighted by atomic mass is 10.2. The molecule has 3 N–H and O–H groups in total. The van der Waals surface area contributed by atoms with Gasteiger partial charge in [0.15, 0.2) is 5.69 Å². The Hall–Kier alpha value is -1.47. The lowest BCUT2D eigenvalue weighted by Crippen LogP contribution is -2.27. The molecule has 100 valence electrons. The third kappa shape index (κ3) is 3.51. The van der Waals surface area contributed by atoms with Crippen molar-refractivity contribution in [3.05, 3.63) is 11.9 Å². The number of aromatic nitrogens is 3. The fourth-order valence-corrected chi connectivity index (χ4v) is 1.95. The molecule has 2 heterocycles. The van der Waals surface area contributed by atoms with Crippen molar-refractivity contribution in [2.75, 3.05) is 19.7 Å². The number of ether oxygens (including phenoxy) is 1. The molecule has 1 saturated heterocycles. The summed E-state index contributed by atoms with van der Waals surface area (Å²) in [5.41, 5.74) is 5.72. The van der Waals surface area contributed by atoms with Gasteiger partial charge < -0.3 is 15.8 Å². The van der Waals surface area contributed by atoms with Gasteiger partial charge in [-0.2, -0.15) is 0 Å². The van der Waals surface area contributed by atoms with Crippen LogP contribution >= 0.6 is 0 Å². The average molecular weight is 253 g/mol. The predicted octanol–water partition coefficient (Wildman–Crippen LogP) is -0.464. The van der Waals surface area contributed by atoms with E-state index < -0.39 is 0 Å². The first-order valence-electron chi connectivity index (χ1n) is 6.29. The number of carbonyl (C=O) groups is 1. The minimum atomic E-state index is -0.198. The highest BCUT2D eigenvalue weighted by atomic mass is 16.5. The highest BCUT2D eigenvalue weighted by molar-refractivity contribution is 5.91. The first kappa shape index (κ1) is 13.0. The van der Waals surface area contributed by atoms with Crippen LogP contribution in [0.1, 0.15) is 29.8 Å². The van der Waals surface area contributed by atoms with Crippen LogP contribution in [0.3, 0.4) is 0 Å². The third-order valence-electron chi connectivity index (χ3n) is 2.91. The van der Waals surface area contributed by atoms with Gasteiger partial charge >= 0.3 is 0 Å². The van der Waals surface area contributed by atoms with E-state index in [-0.39, 0.29) is 5.91 Å². The van der Waals surface area contributed by atoms with Gasteiger partial charge in [-0.25, -0.2) is 0 Å². The molecule has 1 fully saturated rings. The molecule has 0 spiro atoms. The summed E-state index contributed by atoms with van der Waals surface area (Å²) in [4.78, 5) is 11.7. The van der Waals surface area contributed by atoms with Crippen LogP contribution in [0, 0.1) is 0 Å². The first-order chi connectivity index (χ1) is 8.79. The minimum Gasteiger partial charge on any atom is -0.378 e. The van der Waals surface area contributed by atoms with Crippen LogP contribution in [0.2, 0.25) is 0 Å². The van der Waals surface area contributed by atoms with E-state index >= 15 is 0 Å². The summed E-state index contributed by atoms with van der Waals surface area (Å²) in [7, 11) is 0. The van der Waals surface area contributed by atoms with Crippen molar-refractivity contribution >= 4 is 5.91 Å². The Morgan fingerprint density at radius 2 is 2.56 bits per heavy atom. The molecule has 0 saturated carbocycles. The molecule has 7 heteroatoms. The third-order valence-corrected chi connectivity index (χ3v) is 2.91. The maximum atomic E-state index is 11.7. The normalized spacial score (nSPS) is 19.1. The van der Waals surface area contributed by atoms with Crippen LogP contribution in [0.25, 0.3) is 0 Å². The number of nitrogens with zero attached hydrogens (tertiary/aromatic N) is 3. The van der Waals surface area contributed by atoms with Crippen molar-refractivity contribution in [1.29, 1.82) is 0 Å². The van der Waals surface area contributed by atoms with Crippen LogP contribution < -0.4 is 11.1 Å². The minimum absolute atomic E-state index is 0.198. The van der Waals surface area contributed by atoms with Crippen molar-refractivity contribution in [3.63, 3.8) is 0 Å². The summed E-state index contributed by atoms with van der Waals surface area (Å²) < 4.78 is 7.04. The molecule has 1 aliphatic heterocycles. The highest BCUT2D eigenvalue weighted by Crippen LogP contribution is 2.14. The summed E-state index contributed by atoms with van der Waals surface area (Å²) in [6.45, 7) is 2.49. The Morgan fingerprint density at radius 3 is 3.28 bits per heavy atom. The Morgan fingerprint density at radius 1 is 1.67 bits per heavy atom. The molecule has 1 aromatic heterocycles. The number of nitrogens with two attached hydrogens (primary N) is 1. The summed E-state index contributed by atoms with van der Waals surface area (Å²) in [6.07, 6.45) is 4.95. The average Bonchev–Trinajstić information content (AvgIpc) is 3.00. The quantitative estimate of drug-likeness (QED) is 0.715. The number of amides is 1. The Kier molecular flexibility index (Phi) is 4.66. The van der Waals surface area contributed by atoms with Crippen LogP contribution in [-0.4, -0.2) is 46.7 Å². The topological polar surface area (TPSA) is 95.1 Å². The summed E-state index contributed by atoms with van der Waals surface area (Å²) in [6, 6.07) is 0. The maximum Gasteiger partial charge on any atom is 0.273 e. The molecular weight excluding hydrogens is 234 g/mol.